The van der Waals surface area contributed by atoms with E-state index in [0.717, 1.165) is 12.8 Å². The van der Waals surface area contributed by atoms with E-state index in [2.05, 4.69) is 20.8 Å². The molecule has 4 heteroatoms. The molecule has 0 saturated carbocycles. The third-order valence-electron chi connectivity index (χ3n) is 4.77. The molecule has 0 spiro atoms. The van der Waals surface area contributed by atoms with Crippen LogP contribution in [0.5, 0.6) is 0 Å². The molecule has 0 bridgehead atoms. The maximum atomic E-state index is 11.7. The van der Waals surface area contributed by atoms with Gasteiger partial charge in [0.15, 0.2) is 0 Å². The average molecular weight is 380 g/mol. The molecule has 26 heavy (non-hydrogen) atoms. The molecule has 3 nitrogen and oxygen atoms in total. The Morgan fingerprint density at radius 3 is 1.54 bits per heavy atom. The van der Waals surface area contributed by atoms with Gasteiger partial charge in [-0.2, -0.15) is 0 Å². The van der Waals surface area contributed by atoms with Crippen molar-refractivity contribution in [2.45, 2.75) is 123 Å². The van der Waals surface area contributed by atoms with Crippen molar-refractivity contribution in [3.05, 3.63) is 0 Å². The van der Waals surface area contributed by atoms with E-state index in [1.807, 2.05) is 0 Å². The first kappa shape index (κ1) is 28.6. The summed E-state index contributed by atoms with van der Waals surface area (Å²) in [6.07, 6.45) is 19.4. The summed E-state index contributed by atoms with van der Waals surface area (Å²) in [5.74, 6) is 0.201. The van der Waals surface area contributed by atoms with Gasteiger partial charge in [0.05, 0.1) is 6.61 Å². The first-order chi connectivity index (χ1) is 12.1. The Morgan fingerprint density at radius 1 is 0.769 bits per heavy atom. The minimum absolute atomic E-state index is 0. The van der Waals surface area contributed by atoms with Crippen molar-refractivity contribution in [3.8, 4) is 0 Å². The number of carbonyl (C=O) groups excluding carboxylic acids is 1. The fourth-order valence-electron chi connectivity index (χ4n) is 3.18. The molecule has 0 rings (SSSR count). The van der Waals surface area contributed by atoms with Crippen LogP contribution < -0.4 is 5.73 Å². The number of hydrogen-bond donors (Lipinski definition) is 1. The van der Waals surface area contributed by atoms with Gasteiger partial charge in [-0.15, -0.1) is 0 Å². The van der Waals surface area contributed by atoms with Crippen LogP contribution in [0.4, 0.5) is 0 Å². The van der Waals surface area contributed by atoms with Crippen LogP contribution in [0, 0.1) is 5.92 Å². The number of ether oxygens (including phenoxy) is 1. The van der Waals surface area contributed by atoms with E-state index in [0.29, 0.717) is 18.9 Å². The fraction of sp³-hybridized carbons (Fsp3) is 0.955. The van der Waals surface area contributed by atoms with Gasteiger partial charge in [-0.1, -0.05) is 104 Å². The molecule has 0 aliphatic rings. The molecule has 0 amide bonds. The van der Waals surface area contributed by atoms with Gasteiger partial charge in [0.25, 0.3) is 0 Å². The number of unbranched alkanes of at least 4 members (excludes halogenated alkanes) is 13. The van der Waals surface area contributed by atoms with Crippen LogP contribution >= 0.6 is 0 Å². The Balaban J connectivity index is 0. The zero-order valence-corrected chi connectivity index (χ0v) is 17.4. The van der Waals surface area contributed by atoms with Gasteiger partial charge in [-0.25, -0.2) is 0 Å². The quantitative estimate of drug-likeness (QED) is 0.188. The van der Waals surface area contributed by atoms with Crippen molar-refractivity contribution in [1.82, 2.24) is 0 Å². The minimum atomic E-state index is -0.452. The summed E-state index contributed by atoms with van der Waals surface area (Å²) in [7, 11) is 0. The normalized spacial score (nSPS) is 12.0. The molecule has 0 radical (unpaired) electrons. The Bertz CT molecular complexity index is 298. The van der Waals surface area contributed by atoms with Gasteiger partial charge < -0.3 is 10.5 Å². The monoisotopic (exact) mass is 379 g/mol. The third-order valence-corrected chi connectivity index (χ3v) is 4.77. The number of hydrogen-bond acceptors (Lipinski definition) is 3. The molecule has 152 valence electrons. The summed E-state index contributed by atoms with van der Waals surface area (Å²) in [4.78, 5) is 11.7. The molecule has 0 saturated heterocycles. The topological polar surface area (TPSA) is 52.3 Å². The molecule has 0 aromatic heterocycles. The van der Waals surface area contributed by atoms with Crippen molar-refractivity contribution in [2.75, 3.05) is 6.61 Å². The maximum absolute atomic E-state index is 11.7. The van der Waals surface area contributed by atoms with Gasteiger partial charge in [0.2, 0.25) is 0 Å². The second kappa shape index (κ2) is 21.7. The molecular formula is C22H46NNaO2. The Hall–Kier alpha value is 0.430. The van der Waals surface area contributed by atoms with Crippen molar-refractivity contribution in [3.63, 3.8) is 0 Å². The predicted molar refractivity (Wildman–Crippen MR) is 116 cm³/mol. The second-order valence-electron chi connectivity index (χ2n) is 8.00. The first-order valence-electron chi connectivity index (χ1n) is 11.0. The van der Waals surface area contributed by atoms with E-state index in [1.165, 1.54) is 77.0 Å². The standard InChI is InChI=1S/C22H45NO2.Na.H/c1-4-5-6-7-8-9-10-11-12-13-14-15-16-17-18-25-22(24)21(23)19-20(2)3;;/h20-21H,4-19,23H2,1-3H3;;/t21-;;/m0../s1. The Kier molecular flexibility index (Phi) is 23.9. The van der Waals surface area contributed by atoms with Gasteiger partial charge in [-0.3, -0.25) is 4.79 Å². The number of esters is 1. The first-order valence-corrected chi connectivity index (χ1v) is 11.0. The molecule has 0 unspecified atom stereocenters. The molecule has 0 fully saturated rings. The molecule has 0 heterocycles. The molecule has 1 atom stereocenters. The van der Waals surface area contributed by atoms with Crippen molar-refractivity contribution in [2.24, 2.45) is 11.7 Å². The van der Waals surface area contributed by atoms with Crippen LogP contribution in [-0.4, -0.2) is 48.2 Å². The number of carbonyl (C=O) groups is 1. The summed E-state index contributed by atoms with van der Waals surface area (Å²) in [6, 6.07) is -0.452. The van der Waals surface area contributed by atoms with E-state index < -0.39 is 6.04 Å². The number of rotatable bonds is 18. The molecule has 2 N–H and O–H groups in total. The zero-order valence-electron chi connectivity index (χ0n) is 17.4. The van der Waals surface area contributed by atoms with Gasteiger partial charge in [-0.05, 0) is 18.8 Å². The summed E-state index contributed by atoms with van der Waals surface area (Å²) in [6.45, 7) is 6.94. The van der Waals surface area contributed by atoms with E-state index in [4.69, 9.17) is 10.5 Å². The summed E-state index contributed by atoms with van der Waals surface area (Å²) < 4.78 is 5.25. The van der Waals surface area contributed by atoms with Gasteiger partial charge in [0, 0.05) is 0 Å². The summed E-state index contributed by atoms with van der Waals surface area (Å²) in [5, 5.41) is 0. The van der Waals surface area contributed by atoms with Gasteiger partial charge in [0.1, 0.15) is 6.04 Å². The SMILES string of the molecule is CCCCCCCCCCCCCCCCOC(=O)[C@@H](N)CC(C)C.[NaH]. The van der Waals surface area contributed by atoms with E-state index >= 15 is 0 Å². The summed E-state index contributed by atoms with van der Waals surface area (Å²) in [5.41, 5.74) is 5.80. The van der Waals surface area contributed by atoms with E-state index in [9.17, 15) is 4.79 Å². The van der Waals surface area contributed by atoms with E-state index in [1.54, 1.807) is 0 Å². The van der Waals surface area contributed by atoms with Crippen molar-refractivity contribution < 1.29 is 9.53 Å². The Morgan fingerprint density at radius 2 is 1.15 bits per heavy atom. The van der Waals surface area contributed by atoms with Crippen molar-refractivity contribution in [1.29, 1.82) is 0 Å². The third kappa shape index (κ3) is 20.7. The second-order valence-corrected chi connectivity index (χ2v) is 8.00. The van der Waals surface area contributed by atoms with Crippen LogP contribution in [0.25, 0.3) is 0 Å². The van der Waals surface area contributed by atoms with Crippen molar-refractivity contribution >= 4 is 35.5 Å². The van der Waals surface area contributed by atoms with Crippen LogP contribution in [0.2, 0.25) is 0 Å². The Labute approximate surface area is 185 Å². The molecule has 0 aromatic rings. The fourth-order valence-corrected chi connectivity index (χ4v) is 3.18. The van der Waals surface area contributed by atoms with Gasteiger partial charge >= 0.3 is 35.5 Å². The molecular weight excluding hydrogens is 333 g/mol. The van der Waals surface area contributed by atoms with Crippen LogP contribution in [-0.2, 0) is 9.53 Å². The van der Waals surface area contributed by atoms with E-state index in [-0.39, 0.29) is 35.5 Å². The number of nitrogens with two attached hydrogens (primary N) is 1. The average Bonchev–Trinajstić information content (AvgIpc) is 2.57. The molecule has 0 aliphatic carbocycles. The van der Waals surface area contributed by atoms with Crippen LogP contribution in [0.15, 0.2) is 0 Å². The zero-order chi connectivity index (χ0) is 18.8. The summed E-state index contributed by atoms with van der Waals surface area (Å²) >= 11 is 0. The predicted octanol–water partition coefficient (Wildman–Crippen LogP) is 5.74. The van der Waals surface area contributed by atoms with Crippen LogP contribution in [0.1, 0.15) is 117 Å². The molecule has 0 aliphatic heterocycles. The van der Waals surface area contributed by atoms with Crippen LogP contribution in [0.3, 0.4) is 0 Å². The molecule has 0 aromatic carbocycles.